The molecule has 1 aliphatic rings. The second kappa shape index (κ2) is 5.50. The zero-order chi connectivity index (χ0) is 15.0. The fourth-order valence-electron chi connectivity index (χ4n) is 2.28. The number of aliphatic hydroxyl groups excluding tert-OH is 3. The highest BCUT2D eigenvalue weighted by Gasteiger charge is 2.42. The van der Waals surface area contributed by atoms with Gasteiger partial charge in [0.25, 0.3) is 0 Å². The van der Waals surface area contributed by atoms with Crippen molar-refractivity contribution in [2.45, 2.75) is 30.6 Å². The molecular formula is C11H16N6O4. The molecule has 0 bridgehead atoms. The Morgan fingerprint density at radius 1 is 1.29 bits per heavy atom. The van der Waals surface area contributed by atoms with Crippen molar-refractivity contribution in [1.29, 1.82) is 0 Å². The zero-order valence-corrected chi connectivity index (χ0v) is 10.9. The Bertz CT molecular complexity index is 620. The van der Waals surface area contributed by atoms with Gasteiger partial charge in [0.05, 0.1) is 19.0 Å². The Labute approximate surface area is 119 Å². The average Bonchev–Trinajstić information content (AvgIpc) is 2.97. The first-order chi connectivity index (χ1) is 10.1. The number of hydrogen-bond acceptors (Lipinski definition) is 9. The van der Waals surface area contributed by atoms with E-state index >= 15 is 0 Å². The van der Waals surface area contributed by atoms with Crippen LogP contribution in [0.25, 0.3) is 11.2 Å². The van der Waals surface area contributed by atoms with Gasteiger partial charge in [-0.3, -0.25) is 0 Å². The molecule has 3 heterocycles. The van der Waals surface area contributed by atoms with Gasteiger partial charge in [-0.2, -0.15) is 0 Å². The third-order valence-electron chi connectivity index (χ3n) is 3.49. The van der Waals surface area contributed by atoms with Crippen molar-refractivity contribution < 1.29 is 20.1 Å². The Morgan fingerprint density at radius 2 is 2.10 bits per heavy atom. The van der Waals surface area contributed by atoms with Crippen LogP contribution in [0.1, 0.15) is 0 Å². The third-order valence-corrected chi connectivity index (χ3v) is 3.49. The van der Waals surface area contributed by atoms with Gasteiger partial charge in [0, 0.05) is 0 Å². The zero-order valence-electron chi connectivity index (χ0n) is 10.9. The molecule has 10 heteroatoms. The highest BCUT2D eigenvalue weighted by molar-refractivity contribution is 5.82. The SMILES string of the molecule is N[C@@H]1[C@@H](O)[C@H](O)[C@@H](Nc2ncnc3nc[nH]c23)O[C@H]1CO. The summed E-state index contributed by atoms with van der Waals surface area (Å²) < 4.78 is 5.47. The number of nitrogens with two attached hydrogens (primary N) is 1. The monoisotopic (exact) mass is 296 g/mol. The number of ether oxygens (including phenoxy) is 1. The molecule has 114 valence electrons. The summed E-state index contributed by atoms with van der Waals surface area (Å²) in [5, 5.41) is 32.0. The van der Waals surface area contributed by atoms with Gasteiger partial charge in [-0.15, -0.1) is 0 Å². The van der Waals surface area contributed by atoms with E-state index < -0.39 is 30.6 Å². The largest absolute Gasteiger partial charge is 0.394 e. The van der Waals surface area contributed by atoms with Crippen LogP contribution in [0.5, 0.6) is 0 Å². The normalized spacial score (nSPS) is 33.2. The van der Waals surface area contributed by atoms with E-state index in [1.54, 1.807) is 0 Å². The average molecular weight is 296 g/mol. The van der Waals surface area contributed by atoms with Crippen molar-refractivity contribution in [2.24, 2.45) is 5.73 Å². The lowest BCUT2D eigenvalue weighted by Gasteiger charge is -2.40. The first kappa shape index (κ1) is 14.1. The Balaban J connectivity index is 1.85. The van der Waals surface area contributed by atoms with Crippen molar-refractivity contribution in [1.82, 2.24) is 19.9 Å². The predicted molar refractivity (Wildman–Crippen MR) is 71.0 cm³/mol. The lowest BCUT2D eigenvalue weighted by molar-refractivity contribution is -0.177. The van der Waals surface area contributed by atoms with Crippen molar-refractivity contribution in [3.63, 3.8) is 0 Å². The number of rotatable bonds is 3. The number of fused-ring (bicyclic) bond motifs is 1. The smallest absolute Gasteiger partial charge is 0.182 e. The summed E-state index contributed by atoms with van der Waals surface area (Å²) in [6.07, 6.45) is -1.49. The minimum Gasteiger partial charge on any atom is -0.394 e. The number of aromatic amines is 1. The maximum absolute atomic E-state index is 10.0. The molecule has 0 amide bonds. The number of nitrogens with one attached hydrogen (secondary N) is 2. The molecule has 3 rings (SSSR count). The van der Waals surface area contributed by atoms with Gasteiger partial charge >= 0.3 is 0 Å². The second-order valence-electron chi connectivity index (χ2n) is 4.80. The first-order valence-electron chi connectivity index (χ1n) is 6.40. The van der Waals surface area contributed by atoms with E-state index in [9.17, 15) is 15.3 Å². The van der Waals surface area contributed by atoms with E-state index in [0.29, 0.717) is 17.0 Å². The molecule has 0 saturated carbocycles. The van der Waals surface area contributed by atoms with E-state index in [-0.39, 0.29) is 6.61 Å². The molecule has 2 aromatic heterocycles. The lowest BCUT2D eigenvalue weighted by atomic mass is 9.96. The molecule has 0 unspecified atom stereocenters. The van der Waals surface area contributed by atoms with Gasteiger partial charge in [0.15, 0.2) is 17.7 Å². The molecule has 10 nitrogen and oxygen atoms in total. The van der Waals surface area contributed by atoms with Gasteiger partial charge in [0.1, 0.15) is 30.2 Å². The maximum Gasteiger partial charge on any atom is 0.182 e. The van der Waals surface area contributed by atoms with Gasteiger partial charge in [-0.25, -0.2) is 15.0 Å². The minimum atomic E-state index is -1.27. The van der Waals surface area contributed by atoms with Crippen LogP contribution in [-0.4, -0.2) is 72.4 Å². The van der Waals surface area contributed by atoms with Crippen LogP contribution < -0.4 is 11.1 Å². The minimum absolute atomic E-state index is 0.362. The summed E-state index contributed by atoms with van der Waals surface area (Å²) >= 11 is 0. The van der Waals surface area contributed by atoms with Crippen molar-refractivity contribution in [3.8, 4) is 0 Å². The molecule has 0 aromatic carbocycles. The number of nitrogens with zero attached hydrogens (tertiary/aromatic N) is 3. The van der Waals surface area contributed by atoms with Crippen LogP contribution in [0, 0.1) is 0 Å². The summed E-state index contributed by atoms with van der Waals surface area (Å²) in [6.45, 7) is -0.369. The molecule has 1 aliphatic heterocycles. The summed E-state index contributed by atoms with van der Waals surface area (Å²) in [5.74, 6) is 0.362. The van der Waals surface area contributed by atoms with E-state index in [2.05, 4.69) is 25.3 Å². The van der Waals surface area contributed by atoms with Crippen LogP contribution in [0.2, 0.25) is 0 Å². The second-order valence-corrected chi connectivity index (χ2v) is 4.80. The maximum atomic E-state index is 10.0. The lowest BCUT2D eigenvalue weighted by Crippen LogP contribution is -2.63. The Morgan fingerprint density at radius 3 is 2.86 bits per heavy atom. The number of anilines is 1. The van der Waals surface area contributed by atoms with Gasteiger partial charge in [-0.05, 0) is 0 Å². The standard InChI is InChI=1S/C11H16N6O4/c12-5-4(1-18)21-11(8(20)7(5)19)17-10-6-9(14-2-13-6)15-3-16-10/h2-5,7-8,11,18-20H,1,12H2,(H2,13,14,15,16,17)/t4-,5-,7+,8-,11-/m0/s1. The molecule has 0 spiro atoms. The number of aliphatic hydroxyl groups is 3. The van der Waals surface area contributed by atoms with Crippen LogP contribution >= 0.6 is 0 Å². The van der Waals surface area contributed by atoms with Gasteiger partial charge in [0.2, 0.25) is 0 Å². The summed E-state index contributed by atoms with van der Waals surface area (Å²) in [6, 6.07) is -0.874. The molecule has 7 N–H and O–H groups in total. The van der Waals surface area contributed by atoms with Crippen LogP contribution in [0.4, 0.5) is 5.82 Å². The number of H-pyrrole nitrogens is 1. The molecule has 0 radical (unpaired) electrons. The van der Waals surface area contributed by atoms with Gasteiger partial charge < -0.3 is 36.1 Å². The van der Waals surface area contributed by atoms with E-state index in [4.69, 9.17) is 10.5 Å². The van der Waals surface area contributed by atoms with E-state index in [0.717, 1.165) is 0 Å². The van der Waals surface area contributed by atoms with Crippen molar-refractivity contribution in [3.05, 3.63) is 12.7 Å². The predicted octanol–water partition coefficient (Wildman–Crippen LogP) is -2.47. The Kier molecular flexibility index (Phi) is 3.69. The topological polar surface area (TPSA) is 162 Å². The molecule has 1 saturated heterocycles. The van der Waals surface area contributed by atoms with Crippen LogP contribution in [-0.2, 0) is 4.74 Å². The molecule has 5 atom stereocenters. The van der Waals surface area contributed by atoms with Crippen molar-refractivity contribution in [2.75, 3.05) is 11.9 Å². The fraction of sp³-hybridized carbons (Fsp3) is 0.545. The molecule has 0 aliphatic carbocycles. The number of imidazole rings is 1. The molecule has 2 aromatic rings. The van der Waals surface area contributed by atoms with E-state index in [1.165, 1.54) is 12.7 Å². The number of hydrogen-bond donors (Lipinski definition) is 6. The third kappa shape index (κ3) is 2.43. The van der Waals surface area contributed by atoms with Gasteiger partial charge in [-0.1, -0.05) is 0 Å². The molecule has 1 fully saturated rings. The van der Waals surface area contributed by atoms with Crippen LogP contribution in [0.15, 0.2) is 12.7 Å². The Hall–Kier alpha value is -1.85. The first-order valence-corrected chi connectivity index (χ1v) is 6.40. The molecular weight excluding hydrogens is 280 g/mol. The molecule has 21 heavy (non-hydrogen) atoms. The number of aromatic nitrogens is 4. The highest BCUT2D eigenvalue weighted by atomic mass is 16.5. The summed E-state index contributed by atoms with van der Waals surface area (Å²) in [5.41, 5.74) is 6.68. The quantitative estimate of drug-likeness (QED) is 0.360. The summed E-state index contributed by atoms with van der Waals surface area (Å²) in [4.78, 5) is 14.9. The summed E-state index contributed by atoms with van der Waals surface area (Å²) in [7, 11) is 0. The fourth-order valence-corrected chi connectivity index (χ4v) is 2.28. The van der Waals surface area contributed by atoms with Crippen molar-refractivity contribution >= 4 is 17.0 Å². The van der Waals surface area contributed by atoms with E-state index in [1.807, 2.05) is 0 Å². The highest BCUT2D eigenvalue weighted by Crippen LogP contribution is 2.23. The van der Waals surface area contributed by atoms with Crippen LogP contribution in [0.3, 0.4) is 0 Å².